The molecule has 2 aromatic carbocycles. The molecule has 1 amide bonds. The lowest BCUT2D eigenvalue weighted by atomic mass is 10.2. The predicted molar refractivity (Wildman–Crippen MR) is 95.0 cm³/mol. The molecule has 0 aliphatic heterocycles. The van der Waals surface area contributed by atoms with Gasteiger partial charge in [-0.3, -0.25) is 4.79 Å². The van der Waals surface area contributed by atoms with Crippen molar-refractivity contribution in [2.75, 3.05) is 13.7 Å². The molecule has 0 unspecified atom stereocenters. The fourth-order valence-corrected chi connectivity index (χ4v) is 2.26. The maximum Gasteiger partial charge on any atom is 0.277 e. The number of aromatic hydroxyl groups is 1. The Kier molecular flexibility index (Phi) is 6.45. The summed E-state index contributed by atoms with van der Waals surface area (Å²) >= 11 is 9.09. The molecule has 0 spiro atoms. The molecule has 0 radical (unpaired) electrons. The first-order valence-corrected chi connectivity index (χ1v) is 7.93. The molecule has 24 heavy (non-hydrogen) atoms. The van der Waals surface area contributed by atoms with E-state index >= 15 is 0 Å². The van der Waals surface area contributed by atoms with Crippen molar-refractivity contribution in [1.29, 1.82) is 0 Å². The number of phenols is 1. The monoisotopic (exact) mass is 412 g/mol. The Morgan fingerprint density at radius 2 is 2.08 bits per heavy atom. The van der Waals surface area contributed by atoms with Crippen molar-refractivity contribution in [2.24, 2.45) is 5.10 Å². The molecule has 126 valence electrons. The van der Waals surface area contributed by atoms with Crippen LogP contribution in [-0.2, 0) is 4.79 Å². The molecule has 2 aromatic rings. The molecule has 0 saturated heterocycles. The van der Waals surface area contributed by atoms with Gasteiger partial charge in [0.25, 0.3) is 5.91 Å². The minimum atomic E-state index is -0.421. The molecule has 0 aliphatic rings. The molecule has 2 rings (SSSR count). The Bertz CT molecular complexity index is 750. The number of amides is 1. The van der Waals surface area contributed by atoms with E-state index in [1.165, 1.54) is 19.4 Å². The number of methoxy groups -OCH3 is 1. The van der Waals surface area contributed by atoms with Gasteiger partial charge < -0.3 is 14.6 Å². The molecule has 6 nitrogen and oxygen atoms in total. The minimum Gasteiger partial charge on any atom is -0.504 e. The van der Waals surface area contributed by atoms with Crippen LogP contribution >= 0.6 is 27.5 Å². The third-order valence-electron chi connectivity index (χ3n) is 2.87. The smallest absolute Gasteiger partial charge is 0.277 e. The molecule has 2 N–H and O–H groups in total. The molecule has 0 saturated carbocycles. The van der Waals surface area contributed by atoms with Crippen molar-refractivity contribution in [3.63, 3.8) is 0 Å². The van der Waals surface area contributed by atoms with Gasteiger partial charge in [-0.15, -0.1) is 0 Å². The van der Waals surface area contributed by atoms with Gasteiger partial charge in [0.15, 0.2) is 18.1 Å². The second kappa shape index (κ2) is 8.56. The van der Waals surface area contributed by atoms with Crippen LogP contribution < -0.4 is 14.9 Å². The summed E-state index contributed by atoms with van der Waals surface area (Å²) in [5.41, 5.74) is 2.91. The van der Waals surface area contributed by atoms with E-state index in [0.717, 1.165) is 0 Å². The van der Waals surface area contributed by atoms with Gasteiger partial charge >= 0.3 is 0 Å². The second-order valence-corrected chi connectivity index (χ2v) is 5.87. The number of carbonyl (C=O) groups excluding carboxylic acids is 1. The molecule has 8 heteroatoms. The largest absolute Gasteiger partial charge is 0.504 e. The van der Waals surface area contributed by atoms with Gasteiger partial charge in [0.05, 0.1) is 13.3 Å². The Morgan fingerprint density at radius 3 is 2.75 bits per heavy atom. The molecule has 0 atom stereocenters. The fourth-order valence-electron chi connectivity index (χ4n) is 1.71. The maximum absolute atomic E-state index is 11.7. The Morgan fingerprint density at radius 1 is 1.38 bits per heavy atom. The summed E-state index contributed by atoms with van der Waals surface area (Å²) < 4.78 is 10.9. The highest BCUT2D eigenvalue weighted by molar-refractivity contribution is 9.10. The van der Waals surface area contributed by atoms with E-state index in [2.05, 4.69) is 26.5 Å². The van der Waals surface area contributed by atoms with E-state index in [0.29, 0.717) is 26.6 Å². The normalized spacial score (nSPS) is 10.6. The van der Waals surface area contributed by atoms with Crippen LogP contribution in [0.25, 0.3) is 0 Å². The summed E-state index contributed by atoms with van der Waals surface area (Å²) in [6, 6.07) is 9.72. The number of hydrogen-bond acceptors (Lipinski definition) is 5. The number of halogens is 2. The number of carbonyl (C=O) groups is 1. The number of phenolic OH excluding ortho intramolecular Hbond substituents is 1. The van der Waals surface area contributed by atoms with Gasteiger partial charge in [-0.25, -0.2) is 5.43 Å². The van der Waals surface area contributed by atoms with Crippen molar-refractivity contribution >= 4 is 39.7 Å². The van der Waals surface area contributed by atoms with Gasteiger partial charge in [0, 0.05) is 15.1 Å². The summed E-state index contributed by atoms with van der Waals surface area (Å²) in [7, 11) is 1.45. The van der Waals surface area contributed by atoms with Crippen molar-refractivity contribution in [2.45, 2.75) is 0 Å². The third-order valence-corrected chi connectivity index (χ3v) is 3.81. The van der Waals surface area contributed by atoms with Gasteiger partial charge in [0.2, 0.25) is 0 Å². The van der Waals surface area contributed by atoms with Gasteiger partial charge in [-0.1, -0.05) is 11.6 Å². The third kappa shape index (κ3) is 5.14. The summed E-state index contributed by atoms with van der Waals surface area (Å²) in [5.74, 6) is 0.412. The van der Waals surface area contributed by atoms with Crippen LogP contribution in [0.15, 0.2) is 46.0 Å². The van der Waals surface area contributed by atoms with Gasteiger partial charge in [0.1, 0.15) is 5.75 Å². The maximum atomic E-state index is 11.7. The summed E-state index contributed by atoms with van der Waals surface area (Å²) in [6.07, 6.45) is 1.39. The van der Waals surface area contributed by atoms with Crippen molar-refractivity contribution in [3.8, 4) is 17.2 Å². The number of ether oxygens (including phenoxy) is 2. The lowest BCUT2D eigenvalue weighted by Gasteiger charge is -2.06. The average molecular weight is 414 g/mol. The summed E-state index contributed by atoms with van der Waals surface area (Å²) in [4.78, 5) is 11.7. The standard InChI is InChI=1S/C16H14BrClN2O4/c1-23-15-7-13(17)10(6-14(15)21)8-19-20-16(22)9-24-12-4-2-11(18)3-5-12/h2-8,21H,9H2,1H3,(H,20,22)/b19-8-. The van der Waals surface area contributed by atoms with Crippen LogP contribution in [0.2, 0.25) is 5.02 Å². The molecule has 0 bridgehead atoms. The van der Waals surface area contributed by atoms with E-state index in [-0.39, 0.29) is 12.4 Å². The predicted octanol–water partition coefficient (Wildman–Crippen LogP) is 3.35. The number of rotatable bonds is 6. The highest BCUT2D eigenvalue weighted by atomic mass is 79.9. The number of hydrazone groups is 1. The van der Waals surface area contributed by atoms with Crippen molar-refractivity contribution < 1.29 is 19.4 Å². The first-order chi connectivity index (χ1) is 11.5. The zero-order chi connectivity index (χ0) is 17.5. The van der Waals surface area contributed by atoms with E-state index in [4.69, 9.17) is 21.1 Å². The molecule has 0 aliphatic carbocycles. The fraction of sp³-hybridized carbons (Fsp3) is 0.125. The zero-order valence-electron chi connectivity index (χ0n) is 12.6. The first-order valence-electron chi connectivity index (χ1n) is 6.76. The summed E-state index contributed by atoms with van der Waals surface area (Å²) in [5, 5.41) is 14.1. The van der Waals surface area contributed by atoms with E-state index in [1.807, 2.05) is 0 Å². The highest BCUT2D eigenvalue weighted by Gasteiger charge is 2.07. The van der Waals surface area contributed by atoms with E-state index in [9.17, 15) is 9.90 Å². The van der Waals surface area contributed by atoms with Gasteiger partial charge in [-0.2, -0.15) is 5.10 Å². The average Bonchev–Trinajstić information content (AvgIpc) is 2.57. The Labute approximate surface area is 152 Å². The number of nitrogens with zero attached hydrogens (tertiary/aromatic N) is 1. The number of hydrogen-bond donors (Lipinski definition) is 2. The topological polar surface area (TPSA) is 80.2 Å². The van der Waals surface area contributed by atoms with Crippen LogP contribution in [0.1, 0.15) is 5.56 Å². The lowest BCUT2D eigenvalue weighted by Crippen LogP contribution is -2.24. The molecule has 0 fully saturated rings. The molecule has 0 heterocycles. The molecular weight excluding hydrogens is 400 g/mol. The van der Waals surface area contributed by atoms with Crippen LogP contribution in [0.4, 0.5) is 0 Å². The molecule has 0 aromatic heterocycles. The van der Waals surface area contributed by atoms with E-state index in [1.54, 1.807) is 30.3 Å². The molecular formula is C16H14BrClN2O4. The van der Waals surface area contributed by atoms with Crippen LogP contribution in [0, 0.1) is 0 Å². The van der Waals surface area contributed by atoms with Crippen molar-refractivity contribution in [1.82, 2.24) is 5.43 Å². The van der Waals surface area contributed by atoms with Crippen molar-refractivity contribution in [3.05, 3.63) is 51.5 Å². The van der Waals surface area contributed by atoms with E-state index < -0.39 is 5.91 Å². The summed E-state index contributed by atoms with van der Waals surface area (Å²) in [6.45, 7) is -0.187. The second-order valence-electron chi connectivity index (χ2n) is 4.58. The quantitative estimate of drug-likeness (QED) is 0.562. The van der Waals surface area contributed by atoms with Crippen LogP contribution in [-0.4, -0.2) is 30.9 Å². The lowest BCUT2D eigenvalue weighted by molar-refractivity contribution is -0.123. The first kappa shape index (κ1) is 18.1. The van der Waals surface area contributed by atoms with Crippen LogP contribution in [0.3, 0.4) is 0 Å². The minimum absolute atomic E-state index is 0.0282. The highest BCUT2D eigenvalue weighted by Crippen LogP contribution is 2.31. The SMILES string of the molecule is COc1cc(Br)c(/C=N\NC(=O)COc2ccc(Cl)cc2)cc1O. The number of nitrogens with one attached hydrogen (secondary N) is 1. The van der Waals surface area contributed by atoms with Crippen LogP contribution in [0.5, 0.6) is 17.2 Å². The Balaban J connectivity index is 1.88. The number of benzene rings is 2. The van der Waals surface area contributed by atoms with Gasteiger partial charge in [-0.05, 0) is 52.3 Å². The zero-order valence-corrected chi connectivity index (χ0v) is 15.0. The Hall–Kier alpha value is -2.25.